The number of hydrogen-bond acceptors (Lipinski definition) is 5. The highest BCUT2D eigenvalue weighted by molar-refractivity contribution is 7.91. The number of hydrogen-bond donors (Lipinski definition) is 2. The lowest BCUT2D eigenvalue weighted by Gasteiger charge is -2.18. The summed E-state index contributed by atoms with van der Waals surface area (Å²) in [5.41, 5.74) is 5.00. The lowest BCUT2D eigenvalue weighted by atomic mass is 10.4. The van der Waals surface area contributed by atoms with Gasteiger partial charge >= 0.3 is 5.97 Å². The normalized spacial score (nSPS) is 11.5. The van der Waals surface area contributed by atoms with Crippen molar-refractivity contribution >= 4 is 33.3 Å². The van der Waals surface area contributed by atoms with Crippen LogP contribution in [0.1, 0.15) is 0 Å². The van der Waals surface area contributed by atoms with Crippen molar-refractivity contribution in [1.29, 1.82) is 0 Å². The molecule has 0 bridgehead atoms. The average Bonchev–Trinajstić information content (AvgIpc) is 2.35. The molecular formula is C12H15ClN2O5S. The number of sulfone groups is 1. The van der Waals surface area contributed by atoms with Gasteiger partial charge in [-0.2, -0.15) is 0 Å². The van der Waals surface area contributed by atoms with Crippen LogP contribution in [0.4, 0.5) is 0 Å². The number of carbonyl (C=O) groups is 2. The molecule has 9 heteroatoms. The predicted molar refractivity (Wildman–Crippen MR) is 76.8 cm³/mol. The number of nitrogens with zero attached hydrogens (tertiary/aromatic N) is 1. The van der Waals surface area contributed by atoms with Crippen LogP contribution in [-0.4, -0.2) is 55.7 Å². The van der Waals surface area contributed by atoms with Crippen molar-refractivity contribution in [2.75, 3.05) is 25.4 Å². The molecular weight excluding hydrogens is 320 g/mol. The summed E-state index contributed by atoms with van der Waals surface area (Å²) in [4.78, 5) is 22.8. The van der Waals surface area contributed by atoms with Gasteiger partial charge in [0, 0.05) is 11.6 Å². The van der Waals surface area contributed by atoms with E-state index in [1.807, 2.05) is 0 Å². The summed E-state index contributed by atoms with van der Waals surface area (Å²) < 4.78 is 24.2. The molecule has 7 nitrogen and oxygen atoms in total. The second kappa shape index (κ2) is 7.39. The number of amides is 1. The molecule has 0 fully saturated rings. The van der Waals surface area contributed by atoms with E-state index in [-0.39, 0.29) is 23.7 Å². The van der Waals surface area contributed by atoms with Gasteiger partial charge in [-0.3, -0.25) is 14.5 Å². The van der Waals surface area contributed by atoms with E-state index in [4.69, 9.17) is 22.4 Å². The maximum Gasteiger partial charge on any atom is 0.317 e. The number of carbonyl (C=O) groups excluding carboxylic acids is 1. The van der Waals surface area contributed by atoms with Crippen molar-refractivity contribution in [2.24, 2.45) is 5.73 Å². The second-order valence-corrected chi connectivity index (χ2v) is 6.89. The zero-order chi connectivity index (χ0) is 16.0. The molecule has 1 aromatic rings. The molecule has 0 atom stereocenters. The first-order valence-electron chi connectivity index (χ1n) is 5.91. The van der Waals surface area contributed by atoms with Crippen molar-refractivity contribution in [3.05, 3.63) is 29.3 Å². The Morgan fingerprint density at radius 3 is 2.24 bits per heavy atom. The number of aliphatic carboxylic acids is 1. The van der Waals surface area contributed by atoms with Gasteiger partial charge in [0.05, 0.1) is 23.7 Å². The van der Waals surface area contributed by atoms with Crippen molar-refractivity contribution < 1.29 is 23.1 Å². The minimum atomic E-state index is -3.59. The van der Waals surface area contributed by atoms with Crippen LogP contribution in [0.5, 0.6) is 0 Å². The van der Waals surface area contributed by atoms with E-state index in [9.17, 15) is 18.0 Å². The fourth-order valence-electron chi connectivity index (χ4n) is 1.63. The van der Waals surface area contributed by atoms with Crippen molar-refractivity contribution in [1.82, 2.24) is 4.90 Å². The minimum absolute atomic E-state index is 0.0845. The molecule has 1 amide bonds. The Morgan fingerprint density at radius 1 is 1.19 bits per heavy atom. The van der Waals surface area contributed by atoms with Gasteiger partial charge < -0.3 is 10.8 Å². The summed E-state index contributed by atoms with van der Waals surface area (Å²) in [6.45, 7) is -0.887. The van der Waals surface area contributed by atoms with Crippen LogP contribution in [0, 0.1) is 0 Å². The molecule has 0 unspecified atom stereocenters. The molecule has 0 saturated carbocycles. The highest BCUT2D eigenvalue weighted by Crippen LogP contribution is 2.15. The Hall–Kier alpha value is -1.64. The lowest BCUT2D eigenvalue weighted by molar-refractivity contribution is -0.138. The Morgan fingerprint density at radius 2 is 1.76 bits per heavy atom. The SMILES string of the molecule is NC(=O)CN(CCS(=O)(=O)c1ccc(Cl)cc1)CC(=O)O. The molecule has 0 aliphatic heterocycles. The zero-order valence-electron chi connectivity index (χ0n) is 11.0. The standard InChI is InChI=1S/C12H15ClN2O5S/c13-9-1-3-10(4-2-9)21(19,20)6-5-15(7-11(14)16)8-12(17)18/h1-4H,5-8H2,(H2,14,16)(H,17,18). The monoisotopic (exact) mass is 334 g/mol. The molecule has 0 aromatic heterocycles. The van der Waals surface area contributed by atoms with Crippen LogP contribution >= 0.6 is 11.6 Å². The maximum atomic E-state index is 12.1. The van der Waals surface area contributed by atoms with Crippen molar-refractivity contribution in [2.45, 2.75) is 4.90 Å². The fourth-order valence-corrected chi connectivity index (χ4v) is 3.05. The Labute approximate surface area is 127 Å². The van der Waals surface area contributed by atoms with Crippen molar-refractivity contribution in [3.63, 3.8) is 0 Å². The second-order valence-electron chi connectivity index (χ2n) is 4.34. The molecule has 0 heterocycles. The van der Waals surface area contributed by atoms with Gasteiger partial charge in [0.15, 0.2) is 9.84 Å². The van der Waals surface area contributed by atoms with E-state index in [2.05, 4.69) is 0 Å². The van der Waals surface area contributed by atoms with Crippen LogP contribution in [0.2, 0.25) is 5.02 Å². The number of benzene rings is 1. The highest BCUT2D eigenvalue weighted by Gasteiger charge is 2.19. The first-order valence-corrected chi connectivity index (χ1v) is 7.94. The third-order valence-electron chi connectivity index (χ3n) is 2.59. The molecule has 0 saturated heterocycles. The van der Waals surface area contributed by atoms with E-state index >= 15 is 0 Å². The van der Waals surface area contributed by atoms with E-state index in [0.717, 1.165) is 4.90 Å². The number of halogens is 1. The van der Waals surface area contributed by atoms with Gasteiger partial charge in [-0.05, 0) is 24.3 Å². The van der Waals surface area contributed by atoms with E-state index < -0.39 is 28.3 Å². The Bertz CT molecular complexity index is 599. The molecule has 3 N–H and O–H groups in total. The third-order valence-corrected chi connectivity index (χ3v) is 4.55. The summed E-state index contributed by atoms with van der Waals surface area (Å²) in [6, 6.07) is 5.64. The smallest absolute Gasteiger partial charge is 0.317 e. The molecule has 0 radical (unpaired) electrons. The van der Waals surface area contributed by atoms with Gasteiger partial charge in [-0.15, -0.1) is 0 Å². The third kappa shape index (κ3) is 6.11. The molecule has 1 aromatic carbocycles. The molecule has 116 valence electrons. The average molecular weight is 335 g/mol. The van der Waals surface area contributed by atoms with Gasteiger partial charge in [-0.1, -0.05) is 11.6 Å². The first-order chi connectivity index (χ1) is 9.70. The summed E-state index contributed by atoms with van der Waals surface area (Å²) in [5, 5.41) is 9.13. The number of primary amides is 1. The minimum Gasteiger partial charge on any atom is -0.480 e. The van der Waals surface area contributed by atoms with E-state index in [1.54, 1.807) is 0 Å². The van der Waals surface area contributed by atoms with Crippen LogP contribution in [0.25, 0.3) is 0 Å². The number of rotatable bonds is 8. The summed E-state index contributed by atoms with van der Waals surface area (Å²) in [7, 11) is -3.59. The summed E-state index contributed by atoms with van der Waals surface area (Å²) >= 11 is 5.68. The predicted octanol–water partition coefficient (Wildman–Crippen LogP) is -0.0144. The van der Waals surface area contributed by atoms with Crippen LogP contribution in [0.15, 0.2) is 29.2 Å². The number of carboxylic acid groups (broad SMARTS) is 1. The van der Waals surface area contributed by atoms with Crippen LogP contribution in [-0.2, 0) is 19.4 Å². The molecule has 0 spiro atoms. The Kier molecular flexibility index (Phi) is 6.13. The zero-order valence-corrected chi connectivity index (χ0v) is 12.6. The number of carboxylic acids is 1. The van der Waals surface area contributed by atoms with Crippen LogP contribution in [0.3, 0.4) is 0 Å². The molecule has 0 aliphatic rings. The van der Waals surface area contributed by atoms with Gasteiger partial charge in [0.25, 0.3) is 0 Å². The van der Waals surface area contributed by atoms with Gasteiger partial charge in [0.1, 0.15) is 0 Å². The summed E-state index contributed by atoms with van der Waals surface area (Å²) in [5.74, 6) is -2.21. The van der Waals surface area contributed by atoms with Gasteiger partial charge in [0.2, 0.25) is 5.91 Å². The van der Waals surface area contributed by atoms with E-state index in [0.29, 0.717) is 5.02 Å². The van der Waals surface area contributed by atoms with E-state index in [1.165, 1.54) is 24.3 Å². The largest absolute Gasteiger partial charge is 0.480 e. The first kappa shape index (κ1) is 17.4. The van der Waals surface area contributed by atoms with Gasteiger partial charge in [-0.25, -0.2) is 8.42 Å². The molecule has 21 heavy (non-hydrogen) atoms. The lowest BCUT2D eigenvalue weighted by Crippen LogP contribution is -2.40. The topological polar surface area (TPSA) is 118 Å². The van der Waals surface area contributed by atoms with Crippen molar-refractivity contribution in [3.8, 4) is 0 Å². The maximum absolute atomic E-state index is 12.1. The highest BCUT2D eigenvalue weighted by atomic mass is 35.5. The fraction of sp³-hybridized carbons (Fsp3) is 0.333. The van der Waals surface area contributed by atoms with Crippen LogP contribution < -0.4 is 5.73 Å². The molecule has 1 rings (SSSR count). The Balaban J connectivity index is 2.75. The number of nitrogens with two attached hydrogens (primary N) is 1. The summed E-state index contributed by atoms with van der Waals surface area (Å²) in [6.07, 6.45) is 0. The molecule has 0 aliphatic carbocycles. The quantitative estimate of drug-likeness (QED) is 0.690.